The maximum absolute atomic E-state index is 6.06. The average molecular weight is 342 g/mol. The Morgan fingerprint density at radius 3 is 2.62 bits per heavy atom. The molecule has 0 aliphatic heterocycles. The van der Waals surface area contributed by atoms with E-state index in [1.54, 1.807) is 13.3 Å². The largest absolute Gasteiger partial charge is 0.497 e. The van der Waals surface area contributed by atoms with Crippen molar-refractivity contribution in [1.82, 2.24) is 9.97 Å². The molecule has 0 unspecified atom stereocenters. The van der Waals surface area contributed by atoms with Crippen molar-refractivity contribution < 1.29 is 9.47 Å². The second kappa shape index (κ2) is 7.23. The number of hydrogen-bond acceptors (Lipinski definition) is 4. The van der Waals surface area contributed by atoms with E-state index in [9.17, 15) is 0 Å². The Hall–Kier alpha value is -3.40. The van der Waals surface area contributed by atoms with Crippen LogP contribution in [0.3, 0.4) is 0 Å². The second-order valence-corrected chi connectivity index (χ2v) is 5.88. The van der Waals surface area contributed by atoms with Crippen LogP contribution in [0.4, 0.5) is 0 Å². The molecule has 2 aromatic heterocycles. The van der Waals surface area contributed by atoms with Gasteiger partial charge in [0.25, 0.3) is 0 Å². The summed E-state index contributed by atoms with van der Waals surface area (Å²) in [5.41, 5.74) is 3.55. The molecule has 4 aromatic rings. The molecule has 0 bridgehead atoms. The Balaban J connectivity index is 1.66. The molecule has 4 nitrogen and oxygen atoms in total. The molecule has 0 aliphatic rings. The number of pyridine rings is 2. The summed E-state index contributed by atoms with van der Waals surface area (Å²) < 4.78 is 11.3. The van der Waals surface area contributed by atoms with E-state index in [0.717, 1.165) is 39.4 Å². The molecule has 2 heterocycles. The SMILES string of the molecule is COc1cccc(COc2cccc3ccc(-c4ccccn4)nc23)c1. The van der Waals surface area contributed by atoms with Crippen LogP contribution in [-0.4, -0.2) is 17.1 Å². The van der Waals surface area contributed by atoms with Crippen molar-refractivity contribution >= 4 is 10.9 Å². The highest BCUT2D eigenvalue weighted by Gasteiger charge is 2.08. The van der Waals surface area contributed by atoms with Crippen molar-refractivity contribution in [2.75, 3.05) is 7.11 Å². The normalized spacial score (nSPS) is 10.7. The van der Waals surface area contributed by atoms with Crippen LogP contribution in [0.25, 0.3) is 22.3 Å². The lowest BCUT2D eigenvalue weighted by Crippen LogP contribution is -1.98. The standard InChI is InChI=1S/C22H18N2O2/c1-25-18-8-4-6-16(14-18)15-26-21-10-5-7-17-11-12-20(24-22(17)21)19-9-2-3-13-23-19/h2-14H,15H2,1H3. The quantitative estimate of drug-likeness (QED) is 0.518. The van der Waals surface area contributed by atoms with Gasteiger partial charge in [0.15, 0.2) is 0 Å². The third-order valence-corrected chi connectivity index (χ3v) is 4.14. The molecule has 0 radical (unpaired) electrons. The van der Waals surface area contributed by atoms with Crippen molar-refractivity contribution in [1.29, 1.82) is 0 Å². The lowest BCUT2D eigenvalue weighted by molar-refractivity contribution is 0.308. The minimum atomic E-state index is 0.450. The van der Waals surface area contributed by atoms with Gasteiger partial charge in [-0.2, -0.15) is 0 Å². The van der Waals surface area contributed by atoms with E-state index >= 15 is 0 Å². The maximum Gasteiger partial charge on any atom is 0.146 e. The number of fused-ring (bicyclic) bond motifs is 1. The van der Waals surface area contributed by atoms with Gasteiger partial charge in [-0.25, -0.2) is 4.98 Å². The Morgan fingerprint density at radius 2 is 1.77 bits per heavy atom. The molecule has 0 spiro atoms. The highest BCUT2D eigenvalue weighted by atomic mass is 16.5. The molecular formula is C22H18N2O2. The number of ether oxygens (including phenoxy) is 2. The van der Waals surface area contributed by atoms with Gasteiger partial charge in [0.05, 0.1) is 18.5 Å². The number of methoxy groups -OCH3 is 1. The molecule has 4 rings (SSSR count). The van der Waals surface area contributed by atoms with Crippen molar-refractivity contribution in [2.45, 2.75) is 6.61 Å². The number of benzene rings is 2. The predicted molar refractivity (Wildman–Crippen MR) is 102 cm³/mol. The van der Waals surface area contributed by atoms with Gasteiger partial charge in [0.2, 0.25) is 0 Å². The Bertz CT molecular complexity index is 1030. The minimum absolute atomic E-state index is 0.450. The molecule has 2 aromatic carbocycles. The van der Waals surface area contributed by atoms with Crippen LogP contribution in [0.5, 0.6) is 11.5 Å². The van der Waals surface area contributed by atoms with Gasteiger partial charge < -0.3 is 9.47 Å². The van der Waals surface area contributed by atoms with Crippen LogP contribution in [0, 0.1) is 0 Å². The first-order valence-electron chi connectivity index (χ1n) is 8.40. The van der Waals surface area contributed by atoms with Gasteiger partial charge in [-0.15, -0.1) is 0 Å². The van der Waals surface area contributed by atoms with Crippen LogP contribution < -0.4 is 9.47 Å². The third-order valence-electron chi connectivity index (χ3n) is 4.14. The molecular weight excluding hydrogens is 324 g/mol. The highest BCUT2D eigenvalue weighted by Crippen LogP contribution is 2.27. The zero-order valence-electron chi connectivity index (χ0n) is 14.4. The number of para-hydroxylation sites is 1. The van der Waals surface area contributed by atoms with Gasteiger partial charge >= 0.3 is 0 Å². The van der Waals surface area contributed by atoms with Crippen LogP contribution in [0.1, 0.15) is 5.56 Å². The molecule has 0 saturated carbocycles. The maximum atomic E-state index is 6.06. The summed E-state index contributed by atoms with van der Waals surface area (Å²) in [6.45, 7) is 0.450. The third kappa shape index (κ3) is 3.35. The van der Waals surface area contributed by atoms with Crippen LogP contribution in [0.2, 0.25) is 0 Å². The van der Waals surface area contributed by atoms with Crippen molar-refractivity contribution in [3.63, 3.8) is 0 Å². The van der Waals surface area contributed by atoms with Gasteiger partial charge in [-0.3, -0.25) is 4.98 Å². The molecule has 0 aliphatic carbocycles. The number of hydrogen-bond donors (Lipinski definition) is 0. The molecule has 4 heteroatoms. The van der Waals surface area contributed by atoms with Crippen molar-refractivity contribution in [2.24, 2.45) is 0 Å². The molecule has 0 atom stereocenters. The minimum Gasteiger partial charge on any atom is -0.497 e. The number of nitrogens with zero attached hydrogens (tertiary/aromatic N) is 2. The van der Waals surface area contributed by atoms with Crippen molar-refractivity contribution in [3.8, 4) is 22.9 Å². The first-order chi connectivity index (χ1) is 12.8. The fourth-order valence-electron chi connectivity index (χ4n) is 2.82. The fraction of sp³-hybridized carbons (Fsp3) is 0.0909. The number of aromatic nitrogens is 2. The summed E-state index contributed by atoms with van der Waals surface area (Å²) in [5, 5.41) is 1.04. The monoisotopic (exact) mass is 342 g/mol. The summed E-state index contributed by atoms with van der Waals surface area (Å²) in [7, 11) is 1.66. The van der Waals surface area contributed by atoms with E-state index in [-0.39, 0.29) is 0 Å². The van der Waals surface area contributed by atoms with Crippen LogP contribution in [0.15, 0.2) is 79.0 Å². The summed E-state index contributed by atoms with van der Waals surface area (Å²) in [6.07, 6.45) is 1.77. The molecule has 0 amide bonds. The fourth-order valence-corrected chi connectivity index (χ4v) is 2.82. The average Bonchev–Trinajstić information content (AvgIpc) is 2.72. The van der Waals surface area contributed by atoms with Gasteiger partial charge in [-0.1, -0.05) is 36.4 Å². The summed E-state index contributed by atoms with van der Waals surface area (Å²) in [4.78, 5) is 9.16. The summed E-state index contributed by atoms with van der Waals surface area (Å²) in [6, 6.07) is 23.6. The van der Waals surface area contributed by atoms with E-state index in [0.29, 0.717) is 6.61 Å². The number of rotatable bonds is 5. The van der Waals surface area contributed by atoms with E-state index in [2.05, 4.69) is 4.98 Å². The van der Waals surface area contributed by atoms with E-state index in [1.165, 1.54) is 0 Å². The topological polar surface area (TPSA) is 44.2 Å². The zero-order chi connectivity index (χ0) is 17.8. The van der Waals surface area contributed by atoms with Gasteiger partial charge in [0.1, 0.15) is 23.6 Å². The van der Waals surface area contributed by atoms with Crippen LogP contribution in [-0.2, 0) is 6.61 Å². The van der Waals surface area contributed by atoms with Gasteiger partial charge in [-0.05, 0) is 42.0 Å². The lowest BCUT2D eigenvalue weighted by Gasteiger charge is -2.10. The van der Waals surface area contributed by atoms with Crippen LogP contribution >= 0.6 is 0 Å². The van der Waals surface area contributed by atoms with E-state index < -0.39 is 0 Å². The predicted octanol–water partition coefficient (Wildman–Crippen LogP) is 4.88. The Labute approximate surface area is 152 Å². The van der Waals surface area contributed by atoms with E-state index in [4.69, 9.17) is 14.5 Å². The van der Waals surface area contributed by atoms with Gasteiger partial charge in [0, 0.05) is 11.6 Å². The van der Waals surface area contributed by atoms with E-state index in [1.807, 2.05) is 72.8 Å². The second-order valence-electron chi connectivity index (χ2n) is 5.88. The highest BCUT2D eigenvalue weighted by molar-refractivity contribution is 5.86. The molecule has 0 saturated heterocycles. The molecule has 0 N–H and O–H groups in total. The Morgan fingerprint density at radius 1 is 0.846 bits per heavy atom. The zero-order valence-corrected chi connectivity index (χ0v) is 14.4. The molecule has 128 valence electrons. The Kier molecular flexibility index (Phi) is 4.48. The van der Waals surface area contributed by atoms with Crippen molar-refractivity contribution in [3.05, 3.63) is 84.6 Å². The first kappa shape index (κ1) is 16.1. The summed E-state index contributed by atoms with van der Waals surface area (Å²) >= 11 is 0. The summed E-state index contributed by atoms with van der Waals surface area (Å²) in [5.74, 6) is 1.57. The molecule has 26 heavy (non-hydrogen) atoms. The smallest absolute Gasteiger partial charge is 0.146 e. The molecule has 0 fully saturated rings. The lowest BCUT2D eigenvalue weighted by atomic mass is 10.1. The first-order valence-corrected chi connectivity index (χ1v) is 8.40.